The van der Waals surface area contributed by atoms with Gasteiger partial charge in [-0.05, 0) is 19.3 Å². The number of carboxylic acid groups (broad SMARTS) is 2. The largest absolute Gasteiger partial charge is 0.481 e. The lowest BCUT2D eigenvalue weighted by molar-refractivity contribution is -0.139. The van der Waals surface area contributed by atoms with Crippen molar-refractivity contribution >= 4 is 19.8 Å². The van der Waals surface area contributed by atoms with Gasteiger partial charge >= 0.3 is 19.8 Å². The van der Waals surface area contributed by atoms with Crippen molar-refractivity contribution in [3.63, 3.8) is 0 Å². The lowest BCUT2D eigenvalue weighted by Gasteiger charge is -2.20. The highest BCUT2D eigenvalue weighted by Gasteiger charge is 2.26. The SMILES string of the molecule is CCCCCCCCCCCCCCCCOC[C@H](COP(=O)(O)OC[C@H](N)C(=O)O)OCCCCC(=O)O. The van der Waals surface area contributed by atoms with Crippen LogP contribution in [0.4, 0.5) is 0 Å². The van der Waals surface area contributed by atoms with Crippen LogP contribution in [-0.4, -0.2) is 72.2 Å². The number of unbranched alkanes of at least 4 members (excludes halogenated alkanes) is 14. The summed E-state index contributed by atoms with van der Waals surface area (Å²) in [5.41, 5.74) is 5.27. The molecule has 12 heteroatoms. The number of carbonyl (C=O) groups is 2. The number of hydrogen-bond acceptors (Lipinski definition) is 8. The Balaban J connectivity index is 4.04. The quantitative estimate of drug-likeness (QED) is 0.0605. The van der Waals surface area contributed by atoms with Crippen LogP contribution in [0.15, 0.2) is 0 Å². The van der Waals surface area contributed by atoms with E-state index < -0.39 is 38.5 Å². The molecule has 1 unspecified atom stereocenters. The predicted octanol–water partition coefficient (Wildman–Crippen LogP) is 5.67. The molecular formula is C27H54NO10P. The standard InChI is InChI=1S/C27H54NO10P/c1-2-3-4-5-6-7-8-9-10-11-12-13-14-16-19-35-21-24(36-20-17-15-18-26(29)30)22-37-39(33,34)38-23-25(28)27(31)32/h24-25H,2-23,28H2,1H3,(H,29,30)(H,31,32)(H,33,34)/t24-,25+/m1/s1. The van der Waals surface area contributed by atoms with Crippen LogP contribution in [0.3, 0.4) is 0 Å². The van der Waals surface area contributed by atoms with Crippen molar-refractivity contribution in [3.05, 3.63) is 0 Å². The second-order valence-electron chi connectivity index (χ2n) is 10.0. The smallest absolute Gasteiger partial charge is 0.472 e. The lowest BCUT2D eigenvalue weighted by atomic mass is 10.0. The minimum Gasteiger partial charge on any atom is -0.481 e. The van der Waals surface area contributed by atoms with Gasteiger partial charge in [-0.2, -0.15) is 0 Å². The first-order valence-corrected chi connectivity index (χ1v) is 16.2. The number of aliphatic carboxylic acids is 2. The summed E-state index contributed by atoms with van der Waals surface area (Å²) in [7, 11) is -4.53. The van der Waals surface area contributed by atoms with E-state index in [2.05, 4.69) is 11.4 Å². The van der Waals surface area contributed by atoms with Crippen molar-refractivity contribution in [3.8, 4) is 0 Å². The van der Waals surface area contributed by atoms with Crippen molar-refractivity contribution in [1.82, 2.24) is 0 Å². The number of nitrogens with two attached hydrogens (primary N) is 1. The minimum atomic E-state index is -4.53. The molecule has 5 N–H and O–H groups in total. The van der Waals surface area contributed by atoms with Crippen LogP contribution < -0.4 is 5.73 Å². The molecule has 3 atom stereocenters. The Morgan fingerprint density at radius 1 is 0.718 bits per heavy atom. The van der Waals surface area contributed by atoms with Gasteiger partial charge in [0.15, 0.2) is 0 Å². The molecule has 0 aromatic rings. The summed E-state index contributed by atoms with van der Waals surface area (Å²) in [4.78, 5) is 31.1. The average Bonchev–Trinajstić information content (AvgIpc) is 2.89. The zero-order valence-electron chi connectivity index (χ0n) is 23.9. The van der Waals surface area contributed by atoms with Crippen LogP contribution in [0.2, 0.25) is 0 Å². The Bertz CT molecular complexity index is 652. The first-order chi connectivity index (χ1) is 18.7. The maximum absolute atomic E-state index is 12.0. The molecule has 39 heavy (non-hydrogen) atoms. The third-order valence-corrected chi connectivity index (χ3v) is 7.19. The first kappa shape index (κ1) is 37.9. The summed E-state index contributed by atoms with van der Waals surface area (Å²) in [5.74, 6) is -2.25. The number of phosphoric ester groups is 1. The van der Waals surface area contributed by atoms with Gasteiger partial charge in [0, 0.05) is 19.6 Å². The van der Waals surface area contributed by atoms with E-state index in [9.17, 15) is 19.0 Å². The second kappa shape index (κ2) is 25.9. The van der Waals surface area contributed by atoms with Crippen LogP contribution in [0, 0.1) is 0 Å². The molecule has 11 nitrogen and oxygen atoms in total. The van der Waals surface area contributed by atoms with Crippen molar-refractivity contribution in [2.75, 3.05) is 33.0 Å². The number of carboxylic acids is 2. The Kier molecular flexibility index (Phi) is 25.2. The van der Waals surface area contributed by atoms with E-state index >= 15 is 0 Å². The molecule has 0 heterocycles. The number of ether oxygens (including phenoxy) is 2. The van der Waals surface area contributed by atoms with Crippen molar-refractivity contribution in [2.45, 2.75) is 128 Å². The van der Waals surface area contributed by atoms with Gasteiger partial charge in [-0.15, -0.1) is 0 Å². The van der Waals surface area contributed by atoms with Crippen LogP contribution in [-0.2, 0) is 32.7 Å². The average molecular weight is 584 g/mol. The maximum Gasteiger partial charge on any atom is 0.472 e. The number of phosphoric acid groups is 1. The van der Waals surface area contributed by atoms with Crippen molar-refractivity contribution in [2.24, 2.45) is 5.73 Å². The summed E-state index contributed by atoms with van der Waals surface area (Å²) < 4.78 is 32.9. The van der Waals surface area contributed by atoms with Gasteiger partial charge in [-0.3, -0.25) is 18.6 Å². The highest BCUT2D eigenvalue weighted by molar-refractivity contribution is 7.47. The summed E-state index contributed by atoms with van der Waals surface area (Å²) in [6.07, 6.45) is 18.1. The first-order valence-electron chi connectivity index (χ1n) is 14.7. The molecule has 0 aromatic carbocycles. The summed E-state index contributed by atoms with van der Waals surface area (Å²) in [6.45, 7) is 2.15. The monoisotopic (exact) mass is 583 g/mol. The highest BCUT2D eigenvalue weighted by atomic mass is 31.2. The number of hydrogen-bond donors (Lipinski definition) is 4. The third-order valence-electron chi connectivity index (χ3n) is 6.24. The van der Waals surface area contributed by atoms with Gasteiger partial charge in [0.25, 0.3) is 0 Å². The number of rotatable bonds is 30. The molecule has 0 fully saturated rings. The fourth-order valence-electron chi connectivity index (χ4n) is 3.85. The van der Waals surface area contributed by atoms with E-state index in [1.165, 1.54) is 70.6 Å². The predicted molar refractivity (Wildman–Crippen MR) is 150 cm³/mol. The zero-order valence-corrected chi connectivity index (χ0v) is 24.8. The molecular weight excluding hydrogens is 529 g/mol. The molecule has 0 radical (unpaired) electrons. The summed E-state index contributed by atoms with van der Waals surface area (Å²) in [5, 5.41) is 17.5. The second-order valence-corrected chi connectivity index (χ2v) is 11.5. The molecule has 0 aliphatic rings. The van der Waals surface area contributed by atoms with Gasteiger partial charge in [0.05, 0.1) is 19.8 Å². The zero-order chi connectivity index (χ0) is 29.2. The fraction of sp³-hybridized carbons (Fsp3) is 0.926. The molecule has 0 aliphatic carbocycles. The van der Waals surface area contributed by atoms with Gasteiger partial charge in [0.2, 0.25) is 0 Å². The molecule has 0 aliphatic heterocycles. The molecule has 0 aromatic heterocycles. The molecule has 0 spiro atoms. The Hall–Kier alpha value is -1.07. The van der Waals surface area contributed by atoms with Crippen molar-refractivity contribution in [1.29, 1.82) is 0 Å². The summed E-state index contributed by atoms with van der Waals surface area (Å²) >= 11 is 0. The van der Waals surface area contributed by atoms with Crippen molar-refractivity contribution < 1.29 is 47.8 Å². The Morgan fingerprint density at radius 3 is 1.72 bits per heavy atom. The van der Waals surface area contributed by atoms with E-state index in [4.69, 9.17) is 29.9 Å². The summed E-state index contributed by atoms with van der Waals surface area (Å²) in [6, 6.07) is -1.45. The van der Waals surface area contributed by atoms with E-state index in [1.807, 2.05) is 0 Å². The Morgan fingerprint density at radius 2 is 1.21 bits per heavy atom. The van der Waals surface area contributed by atoms with E-state index in [1.54, 1.807) is 0 Å². The van der Waals surface area contributed by atoms with E-state index in [0.717, 1.165) is 19.3 Å². The molecule has 0 saturated heterocycles. The van der Waals surface area contributed by atoms with Crippen LogP contribution in [0.1, 0.15) is 116 Å². The molecule has 232 valence electrons. The minimum absolute atomic E-state index is 0.0314. The van der Waals surface area contributed by atoms with Gasteiger partial charge < -0.3 is 30.3 Å². The topological polar surface area (TPSA) is 175 Å². The van der Waals surface area contributed by atoms with Crippen LogP contribution in [0.5, 0.6) is 0 Å². The van der Waals surface area contributed by atoms with Crippen LogP contribution >= 0.6 is 7.82 Å². The molecule has 0 rings (SSSR count). The molecule has 0 amide bonds. The Labute approximate surface area is 234 Å². The third kappa shape index (κ3) is 26.9. The highest BCUT2D eigenvalue weighted by Crippen LogP contribution is 2.43. The lowest BCUT2D eigenvalue weighted by Crippen LogP contribution is -2.34. The molecule has 0 saturated carbocycles. The van der Waals surface area contributed by atoms with Gasteiger partial charge in [-0.1, -0.05) is 90.4 Å². The van der Waals surface area contributed by atoms with Crippen LogP contribution in [0.25, 0.3) is 0 Å². The van der Waals surface area contributed by atoms with Gasteiger partial charge in [-0.25, -0.2) is 4.57 Å². The fourth-order valence-corrected chi connectivity index (χ4v) is 4.62. The van der Waals surface area contributed by atoms with Gasteiger partial charge in [0.1, 0.15) is 12.1 Å². The van der Waals surface area contributed by atoms with E-state index in [0.29, 0.717) is 19.4 Å². The molecule has 0 bridgehead atoms. The normalized spacial score (nSPS) is 14.6. The van der Waals surface area contributed by atoms with E-state index in [-0.39, 0.29) is 26.2 Å². The maximum atomic E-state index is 12.0.